The first-order valence-electron chi connectivity index (χ1n) is 10.6. The molecule has 0 aliphatic carbocycles. The van der Waals surface area contributed by atoms with Crippen molar-refractivity contribution in [2.45, 2.75) is 18.1 Å². The van der Waals surface area contributed by atoms with Gasteiger partial charge in [0.1, 0.15) is 11.1 Å². The van der Waals surface area contributed by atoms with Crippen LogP contribution in [0, 0.1) is 5.82 Å². The lowest BCUT2D eigenvalue weighted by Gasteiger charge is -2.32. The third-order valence-electron chi connectivity index (χ3n) is 5.15. The minimum atomic E-state index is -0.701. The third kappa shape index (κ3) is 6.98. The van der Waals surface area contributed by atoms with Gasteiger partial charge in [-0.2, -0.15) is 0 Å². The molecule has 3 aromatic rings. The van der Waals surface area contributed by atoms with Gasteiger partial charge in [0.25, 0.3) is 0 Å². The quantitative estimate of drug-likeness (QED) is 0.360. The molecule has 1 unspecified atom stereocenters. The number of nitrogens with zero attached hydrogens (tertiary/aromatic N) is 2. The largest absolute Gasteiger partial charge is 0.325 e. The van der Waals surface area contributed by atoms with Crippen LogP contribution in [0.2, 0.25) is 15.1 Å². The predicted octanol–water partition coefficient (Wildman–Crippen LogP) is 6.99. The van der Waals surface area contributed by atoms with Crippen molar-refractivity contribution in [2.75, 3.05) is 11.9 Å². The van der Waals surface area contributed by atoms with E-state index < -0.39 is 5.25 Å². The fraction of sp³-hybridized carbons (Fsp3) is 0.160. The minimum absolute atomic E-state index is 0.00610. The summed E-state index contributed by atoms with van der Waals surface area (Å²) in [5.41, 5.74) is 1.92. The zero-order valence-corrected chi connectivity index (χ0v) is 21.3. The molecule has 0 spiro atoms. The zero-order chi connectivity index (χ0) is 24.9. The highest BCUT2D eigenvalue weighted by Gasteiger charge is 2.35. The van der Waals surface area contributed by atoms with Crippen LogP contribution in [-0.2, 0) is 16.0 Å². The SMILES string of the molecule is O=C(Nc1cc(Cl)cc(Cl)c1)C1CC(=O)N(CCc2ccc(F)cc2)C(=Nc2ccc(Cl)cc2)S1. The van der Waals surface area contributed by atoms with E-state index in [0.717, 1.165) is 5.56 Å². The molecule has 1 aliphatic rings. The summed E-state index contributed by atoms with van der Waals surface area (Å²) in [5.74, 6) is -0.912. The average Bonchev–Trinajstić information content (AvgIpc) is 2.80. The third-order valence-corrected chi connectivity index (χ3v) is 7.03. The van der Waals surface area contributed by atoms with Crippen molar-refractivity contribution < 1.29 is 14.0 Å². The zero-order valence-electron chi connectivity index (χ0n) is 18.2. The number of nitrogens with one attached hydrogen (secondary N) is 1. The molecule has 0 saturated carbocycles. The number of amidine groups is 1. The maximum atomic E-state index is 13.2. The van der Waals surface area contributed by atoms with Crippen LogP contribution in [-0.4, -0.2) is 33.7 Å². The van der Waals surface area contributed by atoms with E-state index in [1.54, 1.807) is 59.5 Å². The molecule has 0 bridgehead atoms. The van der Waals surface area contributed by atoms with E-state index >= 15 is 0 Å². The van der Waals surface area contributed by atoms with Gasteiger partial charge in [-0.3, -0.25) is 14.5 Å². The molecular formula is C25H19Cl3FN3O2S. The Morgan fingerprint density at radius 3 is 2.31 bits per heavy atom. The van der Waals surface area contributed by atoms with E-state index in [9.17, 15) is 14.0 Å². The Labute approximate surface area is 221 Å². The summed E-state index contributed by atoms with van der Waals surface area (Å²) in [7, 11) is 0. The number of hydrogen-bond donors (Lipinski definition) is 1. The lowest BCUT2D eigenvalue weighted by atomic mass is 10.1. The molecule has 180 valence electrons. The van der Waals surface area contributed by atoms with Gasteiger partial charge in [-0.1, -0.05) is 58.7 Å². The van der Waals surface area contributed by atoms with Crippen molar-refractivity contribution in [3.63, 3.8) is 0 Å². The number of halogens is 4. The second-order valence-electron chi connectivity index (χ2n) is 7.75. The van der Waals surface area contributed by atoms with Gasteiger partial charge >= 0.3 is 0 Å². The van der Waals surface area contributed by atoms with Gasteiger partial charge < -0.3 is 5.32 Å². The first kappa shape index (κ1) is 25.5. The summed E-state index contributed by atoms with van der Waals surface area (Å²) in [6, 6.07) is 17.7. The monoisotopic (exact) mass is 549 g/mol. The van der Waals surface area contributed by atoms with Gasteiger partial charge in [0, 0.05) is 33.7 Å². The van der Waals surface area contributed by atoms with Crippen LogP contribution in [0.3, 0.4) is 0 Å². The van der Waals surface area contributed by atoms with Crippen LogP contribution in [0.15, 0.2) is 71.7 Å². The maximum absolute atomic E-state index is 13.2. The molecule has 4 rings (SSSR count). The molecule has 2 amide bonds. The molecule has 1 heterocycles. The normalized spacial score (nSPS) is 17.0. The first-order chi connectivity index (χ1) is 16.8. The molecule has 1 aliphatic heterocycles. The maximum Gasteiger partial charge on any atom is 0.238 e. The number of aliphatic imine (C=N–C) groups is 1. The number of thioether (sulfide) groups is 1. The fourth-order valence-electron chi connectivity index (χ4n) is 3.43. The van der Waals surface area contributed by atoms with Gasteiger partial charge in [0.05, 0.1) is 5.69 Å². The van der Waals surface area contributed by atoms with Crippen molar-refractivity contribution >= 4 is 74.9 Å². The van der Waals surface area contributed by atoms with Crippen molar-refractivity contribution in [1.29, 1.82) is 0 Å². The summed E-state index contributed by atoms with van der Waals surface area (Å²) >= 11 is 19.2. The van der Waals surface area contributed by atoms with Crippen molar-refractivity contribution in [2.24, 2.45) is 4.99 Å². The number of hydrogen-bond acceptors (Lipinski definition) is 4. The summed E-state index contributed by atoms with van der Waals surface area (Å²) in [6.45, 7) is 0.335. The van der Waals surface area contributed by atoms with Crippen LogP contribution < -0.4 is 5.32 Å². The lowest BCUT2D eigenvalue weighted by Crippen LogP contribution is -2.46. The average molecular weight is 551 g/mol. The molecule has 1 N–H and O–H groups in total. The Kier molecular flexibility index (Phi) is 8.34. The molecule has 1 saturated heterocycles. The molecule has 1 atom stereocenters. The molecular weight excluding hydrogens is 532 g/mol. The Morgan fingerprint density at radius 1 is 1.00 bits per heavy atom. The van der Waals surface area contributed by atoms with E-state index in [1.807, 2.05) is 0 Å². The fourth-order valence-corrected chi connectivity index (χ4v) is 5.20. The summed E-state index contributed by atoms with van der Waals surface area (Å²) in [6.07, 6.45) is 0.498. The smallest absolute Gasteiger partial charge is 0.238 e. The van der Waals surface area contributed by atoms with Gasteiger partial charge in [0.15, 0.2) is 5.17 Å². The number of amides is 2. The Hall–Kier alpha value is -2.58. The highest BCUT2D eigenvalue weighted by Crippen LogP contribution is 2.31. The van der Waals surface area contributed by atoms with Gasteiger partial charge in [-0.15, -0.1) is 0 Å². The van der Waals surface area contributed by atoms with Crippen LogP contribution >= 0.6 is 46.6 Å². The van der Waals surface area contributed by atoms with Crippen LogP contribution in [0.5, 0.6) is 0 Å². The molecule has 0 radical (unpaired) electrons. The van der Waals surface area contributed by atoms with Gasteiger partial charge in [0.2, 0.25) is 11.8 Å². The topological polar surface area (TPSA) is 61.8 Å². The number of benzene rings is 3. The van der Waals surface area contributed by atoms with E-state index in [-0.39, 0.29) is 24.1 Å². The molecule has 0 aromatic heterocycles. The van der Waals surface area contributed by atoms with E-state index in [4.69, 9.17) is 34.8 Å². The van der Waals surface area contributed by atoms with Crippen LogP contribution in [0.1, 0.15) is 12.0 Å². The van der Waals surface area contributed by atoms with E-state index in [2.05, 4.69) is 10.3 Å². The number of anilines is 1. The molecule has 3 aromatic carbocycles. The van der Waals surface area contributed by atoms with Gasteiger partial charge in [-0.25, -0.2) is 9.38 Å². The Bertz CT molecular complexity index is 1250. The second-order valence-corrected chi connectivity index (χ2v) is 10.2. The van der Waals surface area contributed by atoms with E-state index in [1.165, 1.54) is 23.9 Å². The highest BCUT2D eigenvalue weighted by molar-refractivity contribution is 8.15. The first-order valence-corrected chi connectivity index (χ1v) is 12.6. The molecule has 10 heteroatoms. The summed E-state index contributed by atoms with van der Waals surface area (Å²) in [4.78, 5) is 32.3. The number of carbonyl (C=O) groups is 2. The standard InChI is InChI=1S/C25H19Cl3FN3O2S/c26-16-3-7-20(8-4-16)31-25-32(10-9-15-1-5-19(29)6-2-15)23(33)14-22(35-25)24(34)30-21-12-17(27)11-18(28)13-21/h1-8,11-13,22H,9-10,14H2,(H,30,34). The van der Waals surface area contributed by atoms with Crippen molar-refractivity contribution in [3.05, 3.63) is 93.2 Å². The minimum Gasteiger partial charge on any atom is -0.325 e. The summed E-state index contributed by atoms with van der Waals surface area (Å²) < 4.78 is 13.2. The predicted molar refractivity (Wildman–Crippen MR) is 141 cm³/mol. The highest BCUT2D eigenvalue weighted by atomic mass is 35.5. The van der Waals surface area contributed by atoms with Crippen molar-refractivity contribution in [1.82, 2.24) is 4.90 Å². The van der Waals surface area contributed by atoms with Crippen LogP contribution in [0.25, 0.3) is 0 Å². The lowest BCUT2D eigenvalue weighted by molar-refractivity contribution is -0.129. The second kappa shape index (κ2) is 11.4. The number of carbonyl (C=O) groups excluding carboxylic acids is 2. The Morgan fingerprint density at radius 2 is 1.66 bits per heavy atom. The van der Waals surface area contributed by atoms with E-state index in [0.29, 0.717) is 44.6 Å². The Balaban J connectivity index is 1.55. The molecule has 1 fully saturated rings. The summed E-state index contributed by atoms with van der Waals surface area (Å²) in [5, 5.41) is 3.81. The van der Waals surface area contributed by atoms with Crippen molar-refractivity contribution in [3.8, 4) is 0 Å². The number of rotatable bonds is 6. The van der Waals surface area contributed by atoms with Crippen LogP contribution in [0.4, 0.5) is 15.8 Å². The molecule has 35 heavy (non-hydrogen) atoms. The van der Waals surface area contributed by atoms with Gasteiger partial charge in [-0.05, 0) is 66.6 Å². The molecule has 5 nitrogen and oxygen atoms in total.